The van der Waals surface area contributed by atoms with Gasteiger partial charge in [-0.2, -0.15) is 0 Å². The highest BCUT2D eigenvalue weighted by Crippen LogP contribution is 2.21. The van der Waals surface area contributed by atoms with Crippen molar-refractivity contribution in [3.05, 3.63) is 55.1 Å². The number of benzene rings is 1. The second-order valence-electron chi connectivity index (χ2n) is 5.77. The molecule has 0 unspecified atom stereocenters. The first kappa shape index (κ1) is 19.3. The standard InChI is InChI=1S/C17H18ClFN2O3S/c1-10(2)6-7-21-15(22)9-14(16(23)24-3)25-17(21)20-11-4-5-13(19)12(18)8-11/h4-5,8-10H,6-7H2,1-3H3. The van der Waals surface area contributed by atoms with Crippen molar-refractivity contribution in [2.24, 2.45) is 10.9 Å². The zero-order chi connectivity index (χ0) is 18.6. The molecule has 2 aromatic rings. The summed E-state index contributed by atoms with van der Waals surface area (Å²) in [4.78, 5) is 29.1. The Balaban J connectivity index is 2.63. The molecule has 0 saturated heterocycles. The Bertz CT molecular complexity index is 905. The first-order chi connectivity index (χ1) is 11.8. The minimum absolute atomic E-state index is 0.0635. The van der Waals surface area contributed by atoms with Gasteiger partial charge in [0.2, 0.25) is 0 Å². The van der Waals surface area contributed by atoms with Crippen LogP contribution in [-0.2, 0) is 11.3 Å². The smallest absolute Gasteiger partial charge is 0.348 e. The van der Waals surface area contributed by atoms with Crippen molar-refractivity contribution >= 4 is 34.6 Å². The van der Waals surface area contributed by atoms with Crippen LogP contribution in [-0.4, -0.2) is 17.6 Å². The van der Waals surface area contributed by atoms with E-state index in [2.05, 4.69) is 9.73 Å². The summed E-state index contributed by atoms with van der Waals surface area (Å²) in [6, 6.07) is 5.27. The van der Waals surface area contributed by atoms with Crippen LogP contribution in [0, 0.1) is 11.7 Å². The Kier molecular flexibility index (Phi) is 6.50. The number of rotatable bonds is 5. The number of esters is 1. The van der Waals surface area contributed by atoms with Crippen LogP contribution >= 0.6 is 22.9 Å². The van der Waals surface area contributed by atoms with Gasteiger partial charge in [0.05, 0.1) is 17.8 Å². The zero-order valence-corrected chi connectivity index (χ0v) is 15.7. The lowest BCUT2D eigenvalue weighted by atomic mass is 10.1. The van der Waals surface area contributed by atoms with E-state index in [4.69, 9.17) is 11.6 Å². The second-order valence-corrected chi connectivity index (χ2v) is 7.18. The van der Waals surface area contributed by atoms with Gasteiger partial charge in [-0.25, -0.2) is 14.2 Å². The summed E-state index contributed by atoms with van der Waals surface area (Å²) in [6.07, 6.45) is 0.775. The molecule has 134 valence electrons. The van der Waals surface area contributed by atoms with Crippen LogP contribution in [0.15, 0.2) is 34.1 Å². The number of aromatic nitrogens is 1. The lowest BCUT2D eigenvalue weighted by Crippen LogP contribution is -2.33. The number of methoxy groups -OCH3 is 1. The van der Waals surface area contributed by atoms with Gasteiger partial charge in [-0.15, -0.1) is 0 Å². The molecule has 25 heavy (non-hydrogen) atoms. The third-order valence-corrected chi connectivity index (χ3v) is 4.69. The van der Waals surface area contributed by atoms with Crippen molar-refractivity contribution in [1.82, 2.24) is 4.57 Å². The summed E-state index contributed by atoms with van der Waals surface area (Å²) in [5.41, 5.74) is 0.0501. The lowest BCUT2D eigenvalue weighted by molar-refractivity contribution is 0.0605. The van der Waals surface area contributed by atoms with Gasteiger partial charge in [-0.1, -0.05) is 36.8 Å². The van der Waals surface area contributed by atoms with Gasteiger partial charge in [0.25, 0.3) is 5.56 Å². The molecule has 8 heteroatoms. The minimum Gasteiger partial charge on any atom is -0.465 e. The highest BCUT2D eigenvalue weighted by atomic mass is 35.5. The molecule has 0 aliphatic rings. The van der Waals surface area contributed by atoms with Gasteiger partial charge in [0.1, 0.15) is 10.7 Å². The van der Waals surface area contributed by atoms with E-state index in [0.29, 0.717) is 23.0 Å². The minimum atomic E-state index is -0.605. The molecule has 0 bridgehead atoms. The van der Waals surface area contributed by atoms with Gasteiger partial charge in [-0.05, 0) is 30.5 Å². The number of hydrogen-bond donors (Lipinski definition) is 0. The van der Waals surface area contributed by atoms with Crippen LogP contribution in [0.4, 0.5) is 10.1 Å². The maximum absolute atomic E-state index is 13.3. The fourth-order valence-corrected chi connectivity index (χ4v) is 3.15. The molecule has 0 atom stereocenters. The van der Waals surface area contributed by atoms with Crippen LogP contribution in [0.3, 0.4) is 0 Å². The highest BCUT2D eigenvalue weighted by Gasteiger charge is 2.12. The van der Waals surface area contributed by atoms with E-state index in [1.165, 1.54) is 35.9 Å². The fourth-order valence-electron chi connectivity index (χ4n) is 2.01. The Labute approximate surface area is 153 Å². The molecule has 0 N–H and O–H groups in total. The van der Waals surface area contributed by atoms with E-state index < -0.39 is 11.8 Å². The summed E-state index contributed by atoms with van der Waals surface area (Å²) >= 11 is 6.82. The molecule has 0 spiro atoms. The van der Waals surface area contributed by atoms with Crippen molar-refractivity contribution in [2.75, 3.05) is 7.11 Å². The molecule has 1 aromatic heterocycles. The van der Waals surface area contributed by atoms with E-state index in [0.717, 1.165) is 17.8 Å². The maximum atomic E-state index is 13.3. The van der Waals surface area contributed by atoms with E-state index >= 15 is 0 Å². The van der Waals surface area contributed by atoms with E-state index in [-0.39, 0.29) is 15.5 Å². The second kappa shape index (κ2) is 8.40. The van der Waals surface area contributed by atoms with E-state index in [1.54, 1.807) is 0 Å². The molecule has 0 radical (unpaired) electrons. The average molecular weight is 385 g/mol. The van der Waals surface area contributed by atoms with E-state index in [9.17, 15) is 14.0 Å². The number of carbonyl (C=O) groups excluding carboxylic acids is 1. The average Bonchev–Trinajstić information content (AvgIpc) is 2.56. The number of carbonyl (C=O) groups is 1. The van der Waals surface area contributed by atoms with Gasteiger partial charge in [0, 0.05) is 12.6 Å². The van der Waals surface area contributed by atoms with Crippen LogP contribution in [0.1, 0.15) is 29.9 Å². The Hall–Kier alpha value is -1.99. The van der Waals surface area contributed by atoms with Crippen molar-refractivity contribution in [1.29, 1.82) is 0 Å². The molecule has 0 amide bonds. The SMILES string of the molecule is COC(=O)c1cc(=O)n(CCC(C)C)c(=Nc2ccc(F)c(Cl)c2)s1. The topological polar surface area (TPSA) is 60.7 Å². The molecule has 0 saturated carbocycles. The molecule has 0 aliphatic carbocycles. The van der Waals surface area contributed by atoms with Crippen LogP contribution < -0.4 is 10.4 Å². The number of nitrogens with zero attached hydrogens (tertiary/aromatic N) is 2. The summed E-state index contributed by atoms with van der Waals surface area (Å²) in [5, 5.41) is -0.0635. The van der Waals surface area contributed by atoms with Crippen molar-refractivity contribution in [3.8, 4) is 0 Å². The largest absolute Gasteiger partial charge is 0.465 e. The molecule has 0 fully saturated rings. The van der Waals surface area contributed by atoms with Gasteiger partial charge in [0.15, 0.2) is 4.80 Å². The Morgan fingerprint density at radius 1 is 1.40 bits per heavy atom. The number of hydrogen-bond acceptors (Lipinski definition) is 5. The zero-order valence-electron chi connectivity index (χ0n) is 14.1. The molecule has 0 aliphatic heterocycles. The van der Waals surface area contributed by atoms with Gasteiger partial charge < -0.3 is 4.74 Å². The summed E-state index contributed by atoms with van der Waals surface area (Å²) in [5.74, 6) is -0.762. The third kappa shape index (κ3) is 4.99. The molecule has 2 rings (SSSR count). The van der Waals surface area contributed by atoms with Crippen molar-refractivity contribution in [3.63, 3.8) is 0 Å². The fraction of sp³-hybridized carbons (Fsp3) is 0.353. The van der Waals surface area contributed by atoms with Crippen LogP contribution in [0.5, 0.6) is 0 Å². The molecular formula is C17H18ClFN2O3S. The first-order valence-corrected chi connectivity index (χ1v) is 8.84. The van der Waals surface area contributed by atoms with E-state index in [1.807, 2.05) is 13.8 Å². The molecule has 5 nitrogen and oxygen atoms in total. The predicted molar refractivity (Wildman–Crippen MR) is 96.0 cm³/mol. The third-order valence-electron chi connectivity index (χ3n) is 3.40. The molecule has 1 aromatic carbocycles. The van der Waals surface area contributed by atoms with Crippen molar-refractivity contribution in [2.45, 2.75) is 26.8 Å². The number of halogens is 2. The monoisotopic (exact) mass is 384 g/mol. The Morgan fingerprint density at radius 3 is 2.72 bits per heavy atom. The quantitative estimate of drug-likeness (QED) is 0.737. The normalized spacial score (nSPS) is 11.8. The summed E-state index contributed by atoms with van der Waals surface area (Å²) in [6.45, 7) is 4.56. The van der Waals surface area contributed by atoms with Gasteiger partial charge in [-0.3, -0.25) is 9.36 Å². The summed E-state index contributed by atoms with van der Waals surface area (Å²) in [7, 11) is 1.25. The highest BCUT2D eigenvalue weighted by molar-refractivity contribution is 7.11. The maximum Gasteiger partial charge on any atom is 0.348 e. The van der Waals surface area contributed by atoms with Gasteiger partial charge >= 0.3 is 5.97 Å². The van der Waals surface area contributed by atoms with Crippen LogP contribution in [0.2, 0.25) is 5.02 Å². The molecule has 1 heterocycles. The number of ether oxygens (including phenoxy) is 1. The Morgan fingerprint density at radius 2 is 2.12 bits per heavy atom. The first-order valence-electron chi connectivity index (χ1n) is 7.65. The summed E-state index contributed by atoms with van der Waals surface area (Å²) < 4.78 is 19.5. The predicted octanol–water partition coefficient (Wildman–Crippen LogP) is 3.77. The molecular weight excluding hydrogens is 367 g/mol. The lowest BCUT2D eigenvalue weighted by Gasteiger charge is -2.09. The van der Waals surface area contributed by atoms with Crippen molar-refractivity contribution < 1.29 is 13.9 Å². The van der Waals surface area contributed by atoms with Crippen LogP contribution in [0.25, 0.3) is 0 Å².